The van der Waals surface area contributed by atoms with Crippen LogP contribution in [0.3, 0.4) is 0 Å². The number of hydrazone groups is 2. The molecular weight excluding hydrogens is 519 g/mol. The van der Waals surface area contributed by atoms with E-state index in [2.05, 4.69) is 38.0 Å². The molecule has 0 atom stereocenters. The molecule has 1 amide bonds. The zero-order chi connectivity index (χ0) is 28.2. The molecule has 0 aliphatic heterocycles. The second kappa shape index (κ2) is 14.9. The van der Waals surface area contributed by atoms with Crippen molar-refractivity contribution in [3.63, 3.8) is 0 Å². The van der Waals surface area contributed by atoms with E-state index in [1.54, 1.807) is 12.1 Å². The number of ether oxygens (including phenoxy) is 1. The Morgan fingerprint density at radius 1 is 1.21 bits per heavy atom. The maximum absolute atomic E-state index is 14.3. The number of nitrogens with two attached hydrogens (primary N) is 1. The van der Waals surface area contributed by atoms with Crippen LogP contribution in [0.1, 0.15) is 47.7 Å². The van der Waals surface area contributed by atoms with Crippen LogP contribution in [-0.4, -0.2) is 54.9 Å². The van der Waals surface area contributed by atoms with Gasteiger partial charge in [-0.2, -0.15) is 10.6 Å². The van der Waals surface area contributed by atoms with Crippen molar-refractivity contribution in [1.29, 1.82) is 0 Å². The summed E-state index contributed by atoms with van der Waals surface area (Å²) in [6.07, 6.45) is 2.22. The molecule has 0 spiro atoms. The fourth-order valence-corrected chi connectivity index (χ4v) is 4.70. The summed E-state index contributed by atoms with van der Waals surface area (Å²) < 4.78 is 20.4. The van der Waals surface area contributed by atoms with E-state index >= 15 is 0 Å². The molecule has 2 aromatic carbocycles. The third kappa shape index (κ3) is 8.29. The van der Waals surface area contributed by atoms with Gasteiger partial charge >= 0.3 is 0 Å². The van der Waals surface area contributed by atoms with Crippen LogP contribution < -0.4 is 26.2 Å². The highest BCUT2D eigenvalue weighted by Crippen LogP contribution is 2.34. The van der Waals surface area contributed by atoms with Crippen LogP contribution in [-0.2, 0) is 0 Å². The van der Waals surface area contributed by atoms with Crippen molar-refractivity contribution in [2.45, 2.75) is 40.0 Å². The number of amides is 1. The van der Waals surface area contributed by atoms with E-state index in [0.717, 1.165) is 35.3 Å². The summed E-state index contributed by atoms with van der Waals surface area (Å²) in [4.78, 5) is 14.7. The summed E-state index contributed by atoms with van der Waals surface area (Å²) >= 11 is 1.31. The fourth-order valence-electron chi connectivity index (χ4n) is 3.85. The standard InChI is InChI=1S/C27H35FN8O2S/c1-5-6-14-36(26(37)21-9-7-8-10-22(21)28)27-34-33-25(39-27)20-16-18(2)24(19(3)17-20)38-15-13-31-12-11-23(29)32-35-30-4/h7-10,16-17,31,35H,4-6,11-15H2,1-3H3,(H2,29,32). The summed E-state index contributed by atoms with van der Waals surface area (Å²) in [6.45, 7) is 11.5. The van der Waals surface area contributed by atoms with E-state index in [1.807, 2.05) is 32.9 Å². The molecule has 0 bridgehead atoms. The lowest BCUT2D eigenvalue weighted by Gasteiger charge is -2.19. The van der Waals surface area contributed by atoms with Gasteiger partial charge in [0.2, 0.25) is 5.13 Å². The second-order valence-electron chi connectivity index (χ2n) is 8.83. The van der Waals surface area contributed by atoms with Gasteiger partial charge < -0.3 is 15.8 Å². The Bertz CT molecular complexity index is 1270. The van der Waals surface area contributed by atoms with Crippen molar-refractivity contribution in [3.8, 4) is 16.3 Å². The molecule has 39 heavy (non-hydrogen) atoms. The lowest BCUT2D eigenvalue weighted by atomic mass is 10.1. The fraction of sp³-hybridized carbons (Fsp3) is 0.370. The average molecular weight is 555 g/mol. The first-order valence-electron chi connectivity index (χ1n) is 12.7. The number of rotatable bonds is 15. The van der Waals surface area contributed by atoms with Crippen molar-refractivity contribution < 1.29 is 13.9 Å². The molecule has 0 aliphatic carbocycles. The lowest BCUT2D eigenvalue weighted by molar-refractivity contribution is 0.0982. The maximum atomic E-state index is 14.3. The van der Waals surface area contributed by atoms with Crippen LogP contribution in [0.15, 0.2) is 46.6 Å². The van der Waals surface area contributed by atoms with Crippen molar-refractivity contribution in [1.82, 2.24) is 21.0 Å². The predicted molar refractivity (Wildman–Crippen MR) is 155 cm³/mol. The highest BCUT2D eigenvalue weighted by Gasteiger charge is 2.24. The van der Waals surface area contributed by atoms with Gasteiger partial charge in [0, 0.05) is 38.3 Å². The second-order valence-corrected chi connectivity index (χ2v) is 9.78. The molecule has 3 rings (SSSR count). The first kappa shape index (κ1) is 29.7. The van der Waals surface area contributed by atoms with E-state index in [1.165, 1.54) is 28.4 Å². The van der Waals surface area contributed by atoms with Crippen LogP contribution in [0.25, 0.3) is 10.6 Å². The number of hydrogen-bond acceptors (Lipinski definition) is 9. The third-order valence-electron chi connectivity index (χ3n) is 5.78. The molecule has 208 valence electrons. The van der Waals surface area contributed by atoms with Gasteiger partial charge in [0.05, 0.1) is 5.56 Å². The molecule has 0 aliphatic rings. The number of halogens is 1. The number of hydrogen-bond donors (Lipinski definition) is 3. The molecule has 1 heterocycles. The predicted octanol–water partition coefficient (Wildman–Crippen LogP) is 4.24. The van der Waals surface area contributed by atoms with Crippen molar-refractivity contribution in [2.75, 3.05) is 31.1 Å². The number of unbranched alkanes of at least 4 members (excludes halogenated alkanes) is 1. The summed E-state index contributed by atoms with van der Waals surface area (Å²) in [5.74, 6) is 0.270. The first-order chi connectivity index (χ1) is 18.8. The third-order valence-corrected chi connectivity index (χ3v) is 6.78. The number of aromatic nitrogens is 2. The molecule has 4 N–H and O–H groups in total. The monoisotopic (exact) mass is 554 g/mol. The molecule has 3 aromatic rings. The van der Waals surface area contributed by atoms with Gasteiger partial charge in [-0.15, -0.1) is 15.3 Å². The Balaban J connectivity index is 1.67. The summed E-state index contributed by atoms with van der Waals surface area (Å²) in [5.41, 5.74) is 10.9. The summed E-state index contributed by atoms with van der Waals surface area (Å²) in [5, 5.41) is 20.2. The van der Waals surface area contributed by atoms with Crippen molar-refractivity contribution >= 4 is 34.9 Å². The van der Waals surface area contributed by atoms with Crippen LogP contribution in [0.2, 0.25) is 0 Å². The minimum atomic E-state index is -0.554. The number of benzene rings is 2. The summed E-state index contributed by atoms with van der Waals surface area (Å²) in [7, 11) is 0. The number of carbonyl (C=O) groups excluding carboxylic acids is 1. The quantitative estimate of drug-likeness (QED) is 0.111. The molecule has 10 nitrogen and oxygen atoms in total. The smallest absolute Gasteiger partial charge is 0.263 e. The Labute approximate surface area is 232 Å². The number of anilines is 1. The zero-order valence-electron chi connectivity index (χ0n) is 22.5. The topological polar surface area (TPSA) is 130 Å². The first-order valence-corrected chi connectivity index (χ1v) is 13.5. The van der Waals surface area contributed by atoms with Crippen molar-refractivity contribution in [3.05, 3.63) is 58.9 Å². The van der Waals surface area contributed by atoms with E-state index in [4.69, 9.17) is 10.5 Å². The highest BCUT2D eigenvalue weighted by atomic mass is 32.1. The number of amidine groups is 1. The van der Waals surface area contributed by atoms with Gasteiger partial charge in [0.15, 0.2) is 0 Å². The molecule has 0 saturated carbocycles. The SMILES string of the molecule is C=NN/N=C(\N)CCNCCOc1c(C)cc(-c2nnc(N(CCCC)C(=O)c3ccccc3F)s2)cc1C. The van der Waals surface area contributed by atoms with Crippen molar-refractivity contribution in [2.24, 2.45) is 15.9 Å². The van der Waals surface area contributed by atoms with Gasteiger partial charge in [-0.25, -0.2) is 4.39 Å². The minimum Gasteiger partial charge on any atom is -0.492 e. The Hall–Kier alpha value is -3.90. The Morgan fingerprint density at radius 3 is 2.64 bits per heavy atom. The lowest BCUT2D eigenvalue weighted by Crippen LogP contribution is -2.32. The van der Waals surface area contributed by atoms with Crippen LogP contribution in [0, 0.1) is 19.7 Å². The van der Waals surface area contributed by atoms with E-state index in [-0.39, 0.29) is 5.56 Å². The molecule has 0 radical (unpaired) electrons. The number of aryl methyl sites for hydroxylation is 2. The van der Waals surface area contributed by atoms with Gasteiger partial charge in [-0.1, -0.05) is 36.8 Å². The average Bonchev–Trinajstić information content (AvgIpc) is 3.41. The Morgan fingerprint density at radius 2 is 1.95 bits per heavy atom. The summed E-state index contributed by atoms with van der Waals surface area (Å²) in [6, 6.07) is 9.97. The van der Waals surface area contributed by atoms with E-state index in [0.29, 0.717) is 48.6 Å². The molecule has 1 aromatic heterocycles. The van der Waals surface area contributed by atoms with Gasteiger partial charge in [0.25, 0.3) is 5.91 Å². The van der Waals surface area contributed by atoms with Gasteiger partial charge in [-0.3, -0.25) is 9.69 Å². The van der Waals surface area contributed by atoms with Gasteiger partial charge in [0.1, 0.15) is 29.0 Å². The molecule has 0 saturated heterocycles. The normalized spacial score (nSPS) is 11.3. The minimum absolute atomic E-state index is 0.0200. The van der Waals surface area contributed by atoms with Crippen LogP contribution in [0.5, 0.6) is 5.75 Å². The zero-order valence-corrected chi connectivity index (χ0v) is 23.4. The molecule has 12 heteroatoms. The Kier molecular flexibility index (Phi) is 11.3. The highest BCUT2D eigenvalue weighted by molar-refractivity contribution is 7.18. The molecular formula is C27H35FN8O2S. The number of carbonyl (C=O) groups is 1. The largest absolute Gasteiger partial charge is 0.492 e. The molecule has 0 unspecified atom stereocenters. The number of nitrogens with zero attached hydrogens (tertiary/aromatic N) is 5. The maximum Gasteiger partial charge on any atom is 0.263 e. The van der Waals surface area contributed by atoms with E-state index in [9.17, 15) is 9.18 Å². The van der Waals surface area contributed by atoms with Gasteiger partial charge in [-0.05, 0) is 55.7 Å². The number of nitrogens with one attached hydrogen (secondary N) is 2. The molecule has 0 fully saturated rings. The van der Waals surface area contributed by atoms with Crippen LogP contribution >= 0.6 is 11.3 Å². The van der Waals surface area contributed by atoms with Crippen LogP contribution in [0.4, 0.5) is 9.52 Å². The van der Waals surface area contributed by atoms with E-state index < -0.39 is 11.7 Å².